The number of fused-ring (bicyclic) bond motifs is 1. The van der Waals surface area contributed by atoms with E-state index in [2.05, 4.69) is 22.3 Å². The lowest BCUT2D eigenvalue weighted by atomic mass is 10.0. The van der Waals surface area contributed by atoms with Crippen LogP contribution in [0.25, 0.3) is 0 Å². The monoisotopic (exact) mass is 484 g/mol. The molecule has 0 saturated carbocycles. The minimum Gasteiger partial charge on any atom is -0.324 e. The summed E-state index contributed by atoms with van der Waals surface area (Å²) < 4.78 is 41.2. The third-order valence-electron chi connectivity index (χ3n) is 6.00. The second-order valence-corrected chi connectivity index (χ2v) is 8.98. The highest BCUT2D eigenvalue weighted by atomic mass is 19.4. The highest BCUT2D eigenvalue weighted by molar-refractivity contribution is 5.91. The van der Waals surface area contributed by atoms with Gasteiger partial charge in [0.05, 0.1) is 16.9 Å². The predicted octanol–water partition coefficient (Wildman–Crippen LogP) is 4.58. The summed E-state index contributed by atoms with van der Waals surface area (Å²) in [5.41, 5.74) is 0.835. The van der Waals surface area contributed by atoms with Crippen molar-refractivity contribution >= 4 is 11.6 Å². The molecular weight excluding hydrogens is 457 g/mol. The van der Waals surface area contributed by atoms with Crippen LogP contribution in [0.2, 0.25) is 0 Å². The number of nitrogens with one attached hydrogen (secondary N) is 1. The second-order valence-electron chi connectivity index (χ2n) is 8.98. The van der Waals surface area contributed by atoms with Crippen molar-refractivity contribution < 1.29 is 18.0 Å². The molecule has 9 heteroatoms. The molecule has 0 bridgehead atoms. The van der Waals surface area contributed by atoms with Crippen LogP contribution < -0.4 is 10.9 Å². The average molecular weight is 485 g/mol. The molecule has 4 rings (SSSR count). The first-order valence-corrected chi connectivity index (χ1v) is 11.5. The lowest BCUT2D eigenvalue weighted by molar-refractivity contribution is -0.137. The maximum absolute atomic E-state index is 13.4. The number of carbonyl (C=O) groups excluding carboxylic acids is 1. The molecule has 3 aromatic rings. The van der Waals surface area contributed by atoms with Crippen LogP contribution in [0.1, 0.15) is 48.0 Å². The molecule has 6 nitrogen and oxygen atoms in total. The fraction of sp³-hybridized carbons (Fsp3) is 0.346. The Balaban J connectivity index is 1.58. The van der Waals surface area contributed by atoms with Crippen molar-refractivity contribution in [3.63, 3.8) is 0 Å². The molecular formula is C26H27F3N4O2. The number of benzene rings is 2. The van der Waals surface area contributed by atoms with Gasteiger partial charge in [-0.3, -0.25) is 19.1 Å². The molecule has 0 radical (unpaired) electrons. The van der Waals surface area contributed by atoms with Crippen LogP contribution in [-0.4, -0.2) is 26.9 Å². The van der Waals surface area contributed by atoms with Gasteiger partial charge in [0.1, 0.15) is 12.4 Å². The smallest absolute Gasteiger partial charge is 0.324 e. The summed E-state index contributed by atoms with van der Waals surface area (Å²) in [4.78, 5) is 33.1. The van der Waals surface area contributed by atoms with E-state index in [9.17, 15) is 22.8 Å². The largest absolute Gasteiger partial charge is 0.418 e. The van der Waals surface area contributed by atoms with E-state index < -0.39 is 24.2 Å². The molecule has 0 atom stereocenters. The van der Waals surface area contributed by atoms with E-state index in [1.807, 2.05) is 32.0 Å². The first kappa shape index (κ1) is 24.7. The molecule has 1 aliphatic rings. The Morgan fingerprint density at radius 3 is 2.46 bits per heavy atom. The highest BCUT2D eigenvalue weighted by Gasteiger charge is 2.33. The van der Waals surface area contributed by atoms with Crippen molar-refractivity contribution in [2.24, 2.45) is 0 Å². The molecule has 1 aliphatic heterocycles. The number of alkyl halides is 3. The van der Waals surface area contributed by atoms with Gasteiger partial charge in [0, 0.05) is 31.1 Å². The number of aromatic nitrogens is 2. The lowest BCUT2D eigenvalue weighted by Crippen LogP contribution is -2.40. The number of hydrogen-bond donors (Lipinski definition) is 1. The van der Waals surface area contributed by atoms with Gasteiger partial charge in [0.25, 0.3) is 5.56 Å². The van der Waals surface area contributed by atoms with Gasteiger partial charge in [0.2, 0.25) is 5.91 Å². The lowest BCUT2D eigenvalue weighted by Gasteiger charge is -2.29. The van der Waals surface area contributed by atoms with Crippen LogP contribution >= 0.6 is 0 Å². The maximum Gasteiger partial charge on any atom is 0.418 e. The standard InChI is InChI=1S/C26H27F3N4O2/c1-17(2)24-31-22-15-32(14-18-8-4-3-5-9-18)13-12-19(22)25(35)33(24)16-23(34)30-21-11-7-6-10-20(21)26(27,28)29/h3-11,17H,12-16H2,1-2H3,(H,30,34). The summed E-state index contributed by atoms with van der Waals surface area (Å²) in [6.07, 6.45) is -4.12. The zero-order valence-electron chi connectivity index (χ0n) is 19.6. The van der Waals surface area contributed by atoms with Crippen molar-refractivity contribution in [2.75, 3.05) is 11.9 Å². The van der Waals surface area contributed by atoms with Crippen molar-refractivity contribution in [2.45, 2.75) is 52.0 Å². The van der Waals surface area contributed by atoms with Gasteiger partial charge in [-0.1, -0.05) is 56.3 Å². The zero-order chi connectivity index (χ0) is 25.2. The van der Waals surface area contributed by atoms with E-state index in [4.69, 9.17) is 4.98 Å². The molecule has 1 amide bonds. The summed E-state index contributed by atoms with van der Waals surface area (Å²) in [6.45, 7) is 5.25. The molecule has 1 N–H and O–H groups in total. The predicted molar refractivity (Wildman–Crippen MR) is 127 cm³/mol. The molecule has 0 aliphatic carbocycles. The first-order valence-electron chi connectivity index (χ1n) is 11.5. The van der Waals surface area contributed by atoms with Gasteiger partial charge in [-0.05, 0) is 24.1 Å². The number of amides is 1. The molecule has 0 saturated heterocycles. The molecule has 0 spiro atoms. The summed E-state index contributed by atoms with van der Waals surface area (Å²) in [6, 6.07) is 14.8. The Bertz CT molecular complexity index is 1270. The zero-order valence-corrected chi connectivity index (χ0v) is 19.6. The van der Waals surface area contributed by atoms with Crippen LogP contribution in [0, 0.1) is 0 Å². The Hall–Kier alpha value is -3.46. The summed E-state index contributed by atoms with van der Waals surface area (Å²) in [5, 5.41) is 2.32. The topological polar surface area (TPSA) is 67.2 Å². The molecule has 0 fully saturated rings. The highest BCUT2D eigenvalue weighted by Crippen LogP contribution is 2.34. The summed E-state index contributed by atoms with van der Waals surface area (Å²) in [5.74, 6) is -0.434. The van der Waals surface area contributed by atoms with Crippen LogP contribution in [0.3, 0.4) is 0 Å². The van der Waals surface area contributed by atoms with Crippen molar-refractivity contribution in [1.29, 1.82) is 0 Å². The first-order chi connectivity index (χ1) is 16.6. The minimum absolute atomic E-state index is 0.159. The number of anilines is 1. The van der Waals surface area contributed by atoms with Crippen LogP contribution in [0.15, 0.2) is 59.4 Å². The van der Waals surface area contributed by atoms with E-state index in [0.717, 1.165) is 12.6 Å². The number of para-hydroxylation sites is 1. The van der Waals surface area contributed by atoms with Crippen LogP contribution in [0.5, 0.6) is 0 Å². The number of carbonyl (C=O) groups is 1. The van der Waals surface area contributed by atoms with Gasteiger partial charge in [-0.15, -0.1) is 0 Å². The molecule has 184 valence electrons. The van der Waals surface area contributed by atoms with Crippen molar-refractivity contribution in [3.8, 4) is 0 Å². The fourth-order valence-corrected chi connectivity index (χ4v) is 4.34. The van der Waals surface area contributed by atoms with E-state index in [1.165, 1.54) is 28.3 Å². The quantitative estimate of drug-likeness (QED) is 0.556. The number of hydrogen-bond acceptors (Lipinski definition) is 4. The minimum atomic E-state index is -4.61. The summed E-state index contributed by atoms with van der Waals surface area (Å²) >= 11 is 0. The van der Waals surface area contributed by atoms with Gasteiger partial charge in [-0.25, -0.2) is 4.98 Å². The molecule has 2 heterocycles. The van der Waals surface area contributed by atoms with Crippen molar-refractivity contribution in [1.82, 2.24) is 14.5 Å². The Morgan fingerprint density at radius 1 is 1.09 bits per heavy atom. The second kappa shape index (κ2) is 10.0. The van der Waals surface area contributed by atoms with Crippen LogP contribution in [0.4, 0.5) is 18.9 Å². The third kappa shape index (κ3) is 5.62. The van der Waals surface area contributed by atoms with E-state index in [0.29, 0.717) is 36.6 Å². The molecule has 0 unspecified atom stereocenters. The number of rotatable bonds is 6. The summed E-state index contributed by atoms with van der Waals surface area (Å²) in [7, 11) is 0. The van der Waals surface area contributed by atoms with Gasteiger partial charge in [0.15, 0.2) is 0 Å². The van der Waals surface area contributed by atoms with Crippen molar-refractivity contribution in [3.05, 3.63) is 93.2 Å². The molecule has 35 heavy (non-hydrogen) atoms. The Labute approximate surface area is 201 Å². The third-order valence-corrected chi connectivity index (χ3v) is 6.00. The molecule has 2 aromatic carbocycles. The van der Waals surface area contributed by atoms with Gasteiger partial charge in [-0.2, -0.15) is 13.2 Å². The fourth-order valence-electron chi connectivity index (χ4n) is 4.34. The van der Waals surface area contributed by atoms with E-state index >= 15 is 0 Å². The normalized spacial score (nSPS) is 14.1. The van der Waals surface area contributed by atoms with E-state index in [1.54, 1.807) is 0 Å². The van der Waals surface area contributed by atoms with Gasteiger partial charge >= 0.3 is 6.18 Å². The SMILES string of the molecule is CC(C)c1nc2c(c(=O)n1CC(=O)Nc1ccccc1C(F)(F)F)CCN(Cc1ccccc1)C2. The Morgan fingerprint density at radius 2 is 1.77 bits per heavy atom. The Kier molecular flexibility index (Phi) is 7.07. The number of nitrogens with zero attached hydrogens (tertiary/aromatic N) is 3. The number of halogens is 3. The molecule has 1 aromatic heterocycles. The van der Waals surface area contributed by atoms with E-state index in [-0.39, 0.29) is 17.2 Å². The maximum atomic E-state index is 13.4. The average Bonchev–Trinajstić information content (AvgIpc) is 2.81. The van der Waals surface area contributed by atoms with Crippen LogP contribution in [-0.2, 0) is 37.0 Å². The van der Waals surface area contributed by atoms with Gasteiger partial charge < -0.3 is 5.32 Å².